The first kappa shape index (κ1) is 24.1. The van der Waals surface area contributed by atoms with Crippen molar-refractivity contribution in [1.29, 1.82) is 0 Å². The molecular formula is C23H21BrCl2F2N4O. The highest BCUT2D eigenvalue weighted by molar-refractivity contribution is 9.10. The highest BCUT2D eigenvalue weighted by Crippen LogP contribution is 2.34. The van der Waals surface area contributed by atoms with Crippen LogP contribution in [0.4, 0.5) is 8.78 Å². The molecule has 0 unspecified atom stereocenters. The van der Waals surface area contributed by atoms with Crippen LogP contribution >= 0.6 is 39.1 Å². The van der Waals surface area contributed by atoms with Gasteiger partial charge in [-0.1, -0.05) is 58.2 Å². The summed E-state index contributed by atoms with van der Waals surface area (Å²) in [5.41, 5.74) is 5.85. The van der Waals surface area contributed by atoms with E-state index in [0.717, 1.165) is 21.3 Å². The van der Waals surface area contributed by atoms with Crippen molar-refractivity contribution in [2.75, 3.05) is 13.1 Å². The number of halogens is 5. The maximum absolute atomic E-state index is 13.5. The lowest BCUT2D eigenvalue weighted by molar-refractivity contribution is -0.0631. The Labute approximate surface area is 208 Å². The zero-order chi connectivity index (χ0) is 23.8. The second-order valence-electron chi connectivity index (χ2n) is 7.83. The first-order valence-electron chi connectivity index (χ1n) is 10.5. The van der Waals surface area contributed by atoms with E-state index >= 15 is 0 Å². The number of carbonyl (C=O) groups is 1. The van der Waals surface area contributed by atoms with Crippen LogP contribution in [0.15, 0.2) is 46.9 Å². The fourth-order valence-corrected chi connectivity index (χ4v) is 4.59. The summed E-state index contributed by atoms with van der Waals surface area (Å²) in [6.45, 7) is 2.08. The average Bonchev–Trinajstić information content (AvgIpc) is 3.15. The molecule has 1 N–H and O–H groups in total. The van der Waals surface area contributed by atoms with Crippen molar-refractivity contribution in [2.45, 2.75) is 32.1 Å². The van der Waals surface area contributed by atoms with Crippen molar-refractivity contribution < 1.29 is 13.6 Å². The third kappa shape index (κ3) is 5.24. The molecule has 1 aliphatic rings. The number of hydrogen-bond donors (Lipinski definition) is 1. The summed E-state index contributed by atoms with van der Waals surface area (Å²) in [6.07, 6.45) is -0.0722. The van der Waals surface area contributed by atoms with Gasteiger partial charge in [0.1, 0.15) is 0 Å². The van der Waals surface area contributed by atoms with E-state index in [1.54, 1.807) is 22.9 Å². The van der Waals surface area contributed by atoms with Crippen molar-refractivity contribution in [3.63, 3.8) is 0 Å². The number of nitrogens with one attached hydrogen (secondary N) is 1. The van der Waals surface area contributed by atoms with Gasteiger partial charge in [0.2, 0.25) is 0 Å². The molecule has 0 radical (unpaired) electrons. The molecular weight excluding hydrogens is 537 g/mol. The lowest BCUT2D eigenvalue weighted by Crippen LogP contribution is -2.49. The van der Waals surface area contributed by atoms with Gasteiger partial charge in [0.05, 0.1) is 16.4 Å². The zero-order valence-corrected chi connectivity index (χ0v) is 20.8. The van der Waals surface area contributed by atoms with Gasteiger partial charge in [-0.15, -0.1) is 0 Å². The van der Waals surface area contributed by atoms with Gasteiger partial charge in [0.25, 0.3) is 11.8 Å². The minimum atomic E-state index is -2.70. The van der Waals surface area contributed by atoms with Gasteiger partial charge in [-0.3, -0.25) is 10.2 Å². The van der Waals surface area contributed by atoms with Gasteiger partial charge < -0.3 is 0 Å². The van der Waals surface area contributed by atoms with Crippen LogP contribution in [0.25, 0.3) is 16.9 Å². The van der Waals surface area contributed by atoms with Crippen molar-refractivity contribution in [3.05, 3.63) is 68.2 Å². The summed E-state index contributed by atoms with van der Waals surface area (Å²) in [5.74, 6) is -3.14. The van der Waals surface area contributed by atoms with Crippen molar-refractivity contribution >= 4 is 45.0 Å². The molecule has 0 aliphatic carbocycles. The van der Waals surface area contributed by atoms with Crippen molar-refractivity contribution in [3.8, 4) is 16.9 Å². The van der Waals surface area contributed by atoms with E-state index in [2.05, 4.69) is 26.5 Å². The molecule has 33 heavy (non-hydrogen) atoms. The Balaban J connectivity index is 1.78. The standard InChI is InChI=1S/C23H21BrCl2F2N4O/c1-2-17-20(22(33)30-31-11-9-23(27,28)10-12-31)29-32(19-8-7-16(25)13-18(19)26)21(17)14-3-5-15(24)6-4-14/h3-8,13H,2,9-12H2,1H3,(H,30,33). The van der Waals surface area contributed by atoms with Crippen molar-refractivity contribution in [2.24, 2.45) is 0 Å². The topological polar surface area (TPSA) is 50.2 Å². The van der Waals surface area contributed by atoms with Crippen molar-refractivity contribution in [1.82, 2.24) is 20.2 Å². The number of aromatic nitrogens is 2. The number of carbonyl (C=O) groups excluding carboxylic acids is 1. The number of rotatable bonds is 5. The highest BCUT2D eigenvalue weighted by Gasteiger charge is 2.35. The number of benzene rings is 2. The van der Waals surface area contributed by atoms with Crippen LogP contribution in [-0.2, 0) is 6.42 Å². The van der Waals surface area contributed by atoms with Crippen LogP contribution in [0, 0.1) is 0 Å². The van der Waals surface area contributed by atoms with Crippen LogP contribution < -0.4 is 5.43 Å². The van der Waals surface area contributed by atoms with E-state index < -0.39 is 11.8 Å². The summed E-state index contributed by atoms with van der Waals surface area (Å²) >= 11 is 16.0. The fourth-order valence-electron chi connectivity index (χ4n) is 3.84. The van der Waals surface area contributed by atoms with Crippen LogP contribution in [0.3, 0.4) is 0 Å². The smallest absolute Gasteiger partial charge is 0.283 e. The van der Waals surface area contributed by atoms with E-state index in [1.807, 2.05) is 31.2 Å². The number of nitrogens with zero attached hydrogens (tertiary/aromatic N) is 3. The molecule has 0 spiro atoms. The number of hydrogen-bond acceptors (Lipinski definition) is 3. The Morgan fingerprint density at radius 3 is 2.42 bits per heavy atom. The number of alkyl halides is 2. The maximum atomic E-state index is 13.5. The summed E-state index contributed by atoms with van der Waals surface area (Å²) in [4.78, 5) is 13.2. The Kier molecular flexibility index (Phi) is 7.09. The average molecular weight is 558 g/mol. The van der Waals surface area contributed by atoms with Crippen LogP contribution in [0.5, 0.6) is 0 Å². The molecule has 174 valence electrons. The van der Waals surface area contributed by atoms with Gasteiger partial charge in [-0.05, 0) is 36.8 Å². The summed E-state index contributed by atoms with van der Waals surface area (Å²) in [5, 5.41) is 7.01. The Morgan fingerprint density at radius 2 is 1.82 bits per heavy atom. The summed E-state index contributed by atoms with van der Waals surface area (Å²) < 4.78 is 29.6. The van der Waals surface area contributed by atoms with Gasteiger partial charge in [0.15, 0.2) is 5.69 Å². The molecule has 10 heteroatoms. The molecule has 0 bridgehead atoms. The van der Waals surface area contributed by atoms with E-state index in [-0.39, 0.29) is 31.6 Å². The number of amides is 1. The zero-order valence-electron chi connectivity index (χ0n) is 17.7. The molecule has 2 heterocycles. The molecule has 1 fully saturated rings. The minimum Gasteiger partial charge on any atom is -0.283 e. The van der Waals surface area contributed by atoms with Crippen LogP contribution in [0.1, 0.15) is 35.8 Å². The third-order valence-electron chi connectivity index (χ3n) is 5.56. The molecule has 0 atom stereocenters. The third-order valence-corrected chi connectivity index (χ3v) is 6.63. The quantitative estimate of drug-likeness (QED) is 0.387. The Morgan fingerprint density at radius 1 is 1.15 bits per heavy atom. The van der Waals surface area contributed by atoms with Crippen LogP contribution in [0.2, 0.25) is 10.0 Å². The lowest BCUT2D eigenvalue weighted by atomic mass is 10.0. The first-order valence-corrected chi connectivity index (χ1v) is 12.0. The second-order valence-corrected chi connectivity index (χ2v) is 9.59. The van der Waals surface area contributed by atoms with E-state index in [0.29, 0.717) is 22.2 Å². The fraction of sp³-hybridized carbons (Fsp3) is 0.304. The molecule has 1 aliphatic heterocycles. The molecule has 5 nitrogen and oxygen atoms in total. The molecule has 1 amide bonds. The first-order chi connectivity index (χ1) is 15.7. The molecule has 3 aromatic rings. The monoisotopic (exact) mass is 556 g/mol. The normalized spacial score (nSPS) is 16.1. The highest BCUT2D eigenvalue weighted by atomic mass is 79.9. The molecule has 1 aromatic heterocycles. The van der Waals surface area contributed by atoms with Gasteiger partial charge in [-0.2, -0.15) is 5.10 Å². The predicted octanol–water partition coefficient (Wildman–Crippen LogP) is 6.55. The van der Waals surface area contributed by atoms with E-state index in [9.17, 15) is 13.6 Å². The van der Waals surface area contributed by atoms with E-state index in [4.69, 9.17) is 23.2 Å². The van der Waals surface area contributed by atoms with Gasteiger partial charge in [0, 0.05) is 46.6 Å². The maximum Gasteiger partial charge on any atom is 0.286 e. The Hall–Kier alpha value is -2.00. The summed E-state index contributed by atoms with van der Waals surface area (Å²) in [6, 6.07) is 12.7. The lowest BCUT2D eigenvalue weighted by Gasteiger charge is -2.31. The molecule has 4 rings (SSSR count). The largest absolute Gasteiger partial charge is 0.286 e. The second kappa shape index (κ2) is 9.70. The minimum absolute atomic E-state index is 0.0729. The SMILES string of the molecule is CCc1c(C(=O)NN2CCC(F)(F)CC2)nn(-c2ccc(Cl)cc2Cl)c1-c1ccc(Br)cc1. The summed E-state index contributed by atoms with van der Waals surface area (Å²) in [7, 11) is 0. The molecule has 0 saturated carbocycles. The Bertz CT molecular complexity index is 1170. The molecule has 2 aromatic carbocycles. The van der Waals surface area contributed by atoms with Crippen LogP contribution in [-0.4, -0.2) is 39.7 Å². The van der Waals surface area contributed by atoms with Gasteiger partial charge in [-0.25, -0.2) is 18.5 Å². The van der Waals surface area contributed by atoms with Gasteiger partial charge >= 0.3 is 0 Å². The molecule has 1 saturated heterocycles. The van der Waals surface area contributed by atoms with E-state index in [1.165, 1.54) is 5.01 Å². The number of hydrazine groups is 1. The number of piperidine rings is 1. The predicted molar refractivity (Wildman–Crippen MR) is 129 cm³/mol.